The minimum Gasteiger partial charge on any atom is -0.495 e. The van der Waals surface area contributed by atoms with Crippen LogP contribution in [0.15, 0.2) is 11.4 Å². The lowest BCUT2D eigenvalue weighted by molar-refractivity contribution is -0.141. The monoisotopic (exact) mass is 291 g/mol. The highest BCUT2D eigenvalue weighted by atomic mass is 35.5. The number of carbonyl (C=O) groups excluding carboxylic acids is 1. The van der Waals surface area contributed by atoms with Crippen molar-refractivity contribution >= 4 is 35.6 Å². The highest BCUT2D eigenvalue weighted by Crippen LogP contribution is 2.28. The van der Waals surface area contributed by atoms with Gasteiger partial charge in [-0.15, -0.1) is 23.7 Å². The molecule has 1 aromatic rings. The zero-order chi connectivity index (χ0) is 12.4. The van der Waals surface area contributed by atoms with E-state index in [-0.39, 0.29) is 24.9 Å². The Morgan fingerprint density at radius 3 is 2.83 bits per heavy atom. The summed E-state index contributed by atoms with van der Waals surface area (Å²) in [6.07, 6.45) is 0.523. The molecule has 0 radical (unpaired) electrons. The van der Waals surface area contributed by atoms with Crippen LogP contribution in [0.3, 0.4) is 0 Å². The number of rotatable bonds is 3. The Labute approximate surface area is 115 Å². The Kier molecular flexibility index (Phi) is 4.98. The number of hydrogen-bond donors (Lipinski definition) is 1. The van der Waals surface area contributed by atoms with Crippen LogP contribution in [0.5, 0.6) is 5.75 Å². The van der Waals surface area contributed by atoms with Gasteiger partial charge in [0.05, 0.1) is 13.0 Å². The molecule has 0 saturated carbocycles. The molecule has 100 valence electrons. The average molecular weight is 292 g/mol. The van der Waals surface area contributed by atoms with Crippen molar-refractivity contribution in [1.82, 2.24) is 4.90 Å². The van der Waals surface area contributed by atoms with E-state index in [9.17, 15) is 9.59 Å². The number of carboxylic acid groups (broad SMARTS) is 1. The first kappa shape index (κ1) is 14.8. The van der Waals surface area contributed by atoms with E-state index in [4.69, 9.17) is 9.84 Å². The van der Waals surface area contributed by atoms with Crippen LogP contribution >= 0.6 is 23.7 Å². The summed E-state index contributed by atoms with van der Waals surface area (Å²) in [6, 6.07) is 1.74. The van der Waals surface area contributed by atoms with Gasteiger partial charge < -0.3 is 14.7 Å². The van der Waals surface area contributed by atoms with E-state index < -0.39 is 11.9 Å². The van der Waals surface area contributed by atoms with E-state index in [1.54, 1.807) is 16.3 Å². The number of hydrogen-bond acceptors (Lipinski definition) is 4. The van der Waals surface area contributed by atoms with Gasteiger partial charge in [-0.2, -0.15) is 0 Å². The second-order valence-corrected chi connectivity index (χ2v) is 4.81. The zero-order valence-electron chi connectivity index (χ0n) is 9.79. The number of ether oxygens (including phenoxy) is 1. The molecule has 2 rings (SSSR count). The minimum atomic E-state index is -0.835. The summed E-state index contributed by atoms with van der Waals surface area (Å²) in [5.74, 6) is -0.859. The summed E-state index contributed by atoms with van der Waals surface area (Å²) in [6.45, 7) is 0.784. The maximum Gasteiger partial charge on any atom is 0.308 e. The molecule has 1 aromatic heterocycles. The van der Waals surface area contributed by atoms with E-state index in [1.165, 1.54) is 18.4 Å². The second kappa shape index (κ2) is 6.06. The molecule has 1 N–H and O–H groups in total. The summed E-state index contributed by atoms with van der Waals surface area (Å²) in [5.41, 5.74) is 0. The molecule has 0 bridgehead atoms. The molecule has 1 saturated heterocycles. The van der Waals surface area contributed by atoms with Gasteiger partial charge in [0.15, 0.2) is 0 Å². The molecule has 0 aromatic carbocycles. The molecule has 2 heterocycles. The number of thiophene rings is 1. The van der Waals surface area contributed by atoms with Crippen molar-refractivity contribution in [3.63, 3.8) is 0 Å². The van der Waals surface area contributed by atoms with Gasteiger partial charge in [0.25, 0.3) is 5.91 Å². The number of amides is 1. The third kappa shape index (κ3) is 2.76. The first-order chi connectivity index (χ1) is 8.13. The quantitative estimate of drug-likeness (QED) is 0.921. The molecule has 18 heavy (non-hydrogen) atoms. The number of nitrogens with zero attached hydrogens (tertiary/aromatic N) is 1. The van der Waals surface area contributed by atoms with Gasteiger partial charge in [-0.1, -0.05) is 0 Å². The fourth-order valence-corrected chi connectivity index (χ4v) is 2.73. The van der Waals surface area contributed by atoms with Gasteiger partial charge in [0.2, 0.25) is 0 Å². The molecule has 1 aliphatic heterocycles. The molecular formula is C11H14ClNO4S. The number of methoxy groups -OCH3 is 1. The summed E-state index contributed by atoms with van der Waals surface area (Å²) >= 11 is 1.32. The zero-order valence-corrected chi connectivity index (χ0v) is 11.4. The smallest absolute Gasteiger partial charge is 0.308 e. The first-order valence-corrected chi connectivity index (χ1v) is 6.15. The summed E-state index contributed by atoms with van der Waals surface area (Å²) in [4.78, 5) is 25.1. The fourth-order valence-electron chi connectivity index (χ4n) is 1.90. The highest BCUT2D eigenvalue weighted by Gasteiger charge is 2.32. The fraction of sp³-hybridized carbons (Fsp3) is 0.455. The summed E-state index contributed by atoms with van der Waals surface area (Å²) < 4.78 is 5.09. The maximum absolute atomic E-state index is 12.1. The Balaban J connectivity index is 0.00000162. The minimum absolute atomic E-state index is 0. The molecule has 1 amide bonds. The van der Waals surface area contributed by atoms with Gasteiger partial charge in [0.1, 0.15) is 10.6 Å². The molecular weight excluding hydrogens is 278 g/mol. The molecule has 1 atom stereocenters. The van der Waals surface area contributed by atoms with Gasteiger partial charge in [-0.05, 0) is 17.9 Å². The molecule has 0 aliphatic carbocycles. The molecule has 1 fully saturated rings. The van der Waals surface area contributed by atoms with Crippen LogP contribution in [0.2, 0.25) is 0 Å². The van der Waals surface area contributed by atoms with Crippen molar-refractivity contribution in [3.05, 3.63) is 16.3 Å². The number of likely N-dealkylation sites (tertiary alicyclic amines) is 1. The highest BCUT2D eigenvalue weighted by molar-refractivity contribution is 7.12. The van der Waals surface area contributed by atoms with E-state index >= 15 is 0 Å². The Morgan fingerprint density at radius 2 is 2.28 bits per heavy atom. The van der Waals surface area contributed by atoms with Crippen LogP contribution in [-0.2, 0) is 4.79 Å². The molecule has 1 unspecified atom stereocenters. The van der Waals surface area contributed by atoms with Crippen molar-refractivity contribution in [3.8, 4) is 5.75 Å². The van der Waals surface area contributed by atoms with Gasteiger partial charge in [0, 0.05) is 13.1 Å². The van der Waals surface area contributed by atoms with Crippen molar-refractivity contribution in [2.24, 2.45) is 5.92 Å². The van der Waals surface area contributed by atoms with Crippen molar-refractivity contribution in [1.29, 1.82) is 0 Å². The SMILES string of the molecule is COc1ccsc1C(=O)N1CCC(C(=O)O)C1.Cl. The van der Waals surface area contributed by atoms with Crippen LogP contribution in [0.25, 0.3) is 0 Å². The van der Waals surface area contributed by atoms with Crippen LogP contribution in [0, 0.1) is 5.92 Å². The van der Waals surface area contributed by atoms with E-state index in [2.05, 4.69) is 0 Å². The van der Waals surface area contributed by atoms with Gasteiger partial charge in [-0.3, -0.25) is 9.59 Å². The van der Waals surface area contributed by atoms with E-state index in [0.717, 1.165) is 0 Å². The number of aliphatic carboxylic acids is 1. The van der Waals surface area contributed by atoms with E-state index in [0.29, 0.717) is 23.6 Å². The Hall–Kier alpha value is -1.27. The standard InChI is InChI=1S/C11H13NO4S.ClH/c1-16-8-3-5-17-9(8)10(13)12-4-2-7(6-12)11(14)15;/h3,5,7H,2,4,6H2,1H3,(H,14,15);1H. The van der Waals surface area contributed by atoms with Crippen molar-refractivity contribution < 1.29 is 19.4 Å². The van der Waals surface area contributed by atoms with Crippen LogP contribution in [-0.4, -0.2) is 42.1 Å². The van der Waals surface area contributed by atoms with Crippen LogP contribution in [0.1, 0.15) is 16.1 Å². The maximum atomic E-state index is 12.1. The first-order valence-electron chi connectivity index (χ1n) is 5.27. The summed E-state index contributed by atoms with van der Waals surface area (Å²) in [5, 5.41) is 10.7. The molecule has 1 aliphatic rings. The van der Waals surface area contributed by atoms with Crippen LogP contribution < -0.4 is 4.74 Å². The summed E-state index contributed by atoms with van der Waals surface area (Å²) in [7, 11) is 1.52. The number of carboxylic acids is 1. The van der Waals surface area contributed by atoms with Gasteiger partial charge in [-0.25, -0.2) is 0 Å². The lowest BCUT2D eigenvalue weighted by Gasteiger charge is -2.15. The molecule has 0 spiro atoms. The molecule has 5 nitrogen and oxygen atoms in total. The lowest BCUT2D eigenvalue weighted by atomic mass is 10.1. The number of halogens is 1. The largest absolute Gasteiger partial charge is 0.495 e. The predicted molar refractivity (Wildman–Crippen MR) is 69.8 cm³/mol. The third-order valence-corrected chi connectivity index (χ3v) is 3.75. The van der Waals surface area contributed by atoms with Crippen LogP contribution in [0.4, 0.5) is 0 Å². The normalized spacial score (nSPS) is 18.3. The predicted octanol–water partition coefficient (Wildman–Crippen LogP) is 1.73. The topological polar surface area (TPSA) is 66.8 Å². The van der Waals surface area contributed by atoms with E-state index in [1.807, 2.05) is 0 Å². The Morgan fingerprint density at radius 1 is 1.56 bits per heavy atom. The average Bonchev–Trinajstić information content (AvgIpc) is 2.96. The second-order valence-electron chi connectivity index (χ2n) is 3.89. The van der Waals surface area contributed by atoms with Gasteiger partial charge >= 0.3 is 5.97 Å². The lowest BCUT2D eigenvalue weighted by Crippen LogP contribution is -2.29. The third-order valence-electron chi connectivity index (χ3n) is 2.87. The Bertz CT molecular complexity index is 448. The number of carbonyl (C=O) groups is 2. The van der Waals surface area contributed by atoms with Crippen molar-refractivity contribution in [2.45, 2.75) is 6.42 Å². The molecule has 7 heteroatoms. The van der Waals surface area contributed by atoms with Crippen molar-refractivity contribution in [2.75, 3.05) is 20.2 Å².